The normalized spacial score (nSPS) is 15.7. The average molecular weight is 535 g/mol. The molecule has 0 spiro atoms. The van der Waals surface area contributed by atoms with Gasteiger partial charge < -0.3 is 9.84 Å². The lowest BCUT2D eigenvalue weighted by atomic mass is 9.95. The number of carboxylic acids is 1. The van der Waals surface area contributed by atoms with E-state index >= 15 is 0 Å². The third-order valence-corrected chi connectivity index (χ3v) is 6.88. The van der Waals surface area contributed by atoms with Crippen molar-refractivity contribution in [2.75, 3.05) is 33.3 Å². The Kier molecular flexibility index (Phi) is 12.3. The van der Waals surface area contributed by atoms with Crippen LogP contribution in [0.25, 0.3) is 6.08 Å². The Bertz CT molecular complexity index is 1050. The minimum Gasteiger partial charge on any atom is -0.496 e. The average Bonchev–Trinajstić information content (AvgIpc) is 2.88. The number of carboxylic acid groups (broad SMARTS) is 1. The number of alkyl halides is 3. The number of unbranched alkanes of at least 4 members (excludes halogenated alkanes) is 1. The summed E-state index contributed by atoms with van der Waals surface area (Å²) in [6.45, 7) is 11.7. The van der Waals surface area contributed by atoms with Crippen LogP contribution in [0.15, 0.2) is 42.5 Å². The summed E-state index contributed by atoms with van der Waals surface area (Å²) in [5.74, 6) is 0.00715. The van der Waals surface area contributed by atoms with Gasteiger partial charge in [0.15, 0.2) is 0 Å². The molecule has 2 aromatic carbocycles. The van der Waals surface area contributed by atoms with Crippen LogP contribution in [0, 0.1) is 13.8 Å². The number of hydrogen-bond donors (Lipinski definition) is 1. The third kappa shape index (κ3) is 9.80. The molecule has 210 valence electrons. The highest BCUT2D eigenvalue weighted by Crippen LogP contribution is 2.31. The number of ether oxygens (including phenoxy) is 1. The molecule has 0 aliphatic carbocycles. The van der Waals surface area contributed by atoms with Crippen molar-refractivity contribution in [1.29, 1.82) is 0 Å². The van der Waals surface area contributed by atoms with Gasteiger partial charge in [-0.1, -0.05) is 43.7 Å². The SMILES string of the molecule is CCC/C=C\c1c(C)c(C)cc(OC)c1CN1CCN(C(C)CC(F)(F)F)CC1.O=C(O)c1ccccc1. The molecule has 1 saturated heterocycles. The summed E-state index contributed by atoms with van der Waals surface area (Å²) in [7, 11) is 1.70. The topological polar surface area (TPSA) is 53.0 Å². The highest BCUT2D eigenvalue weighted by Gasteiger charge is 2.33. The summed E-state index contributed by atoms with van der Waals surface area (Å²) in [6, 6.07) is 9.91. The van der Waals surface area contributed by atoms with Gasteiger partial charge in [0.1, 0.15) is 5.75 Å². The second-order valence-corrected chi connectivity index (χ2v) is 9.76. The molecule has 1 fully saturated rings. The fraction of sp³-hybridized carbons (Fsp3) is 0.500. The van der Waals surface area contributed by atoms with Gasteiger partial charge >= 0.3 is 12.1 Å². The zero-order valence-corrected chi connectivity index (χ0v) is 23.1. The predicted octanol–water partition coefficient (Wildman–Crippen LogP) is 6.97. The monoisotopic (exact) mass is 534 g/mol. The maximum Gasteiger partial charge on any atom is 0.390 e. The molecule has 1 unspecified atom stereocenters. The van der Waals surface area contributed by atoms with Gasteiger partial charge in [0.25, 0.3) is 0 Å². The predicted molar refractivity (Wildman–Crippen MR) is 147 cm³/mol. The largest absolute Gasteiger partial charge is 0.496 e. The van der Waals surface area contributed by atoms with Crippen molar-refractivity contribution in [2.45, 2.75) is 65.7 Å². The summed E-state index contributed by atoms with van der Waals surface area (Å²) in [6.07, 6.45) is 1.69. The van der Waals surface area contributed by atoms with Crippen LogP contribution in [0.5, 0.6) is 5.75 Å². The summed E-state index contributed by atoms with van der Waals surface area (Å²) in [4.78, 5) is 14.5. The first-order chi connectivity index (χ1) is 18.0. The molecule has 1 aliphatic rings. The number of benzene rings is 2. The number of hydrogen-bond acceptors (Lipinski definition) is 4. The van der Waals surface area contributed by atoms with Crippen molar-refractivity contribution < 1.29 is 27.8 Å². The van der Waals surface area contributed by atoms with Gasteiger partial charge in [0.2, 0.25) is 0 Å². The van der Waals surface area contributed by atoms with E-state index in [1.807, 2.05) is 4.90 Å². The molecule has 0 amide bonds. The van der Waals surface area contributed by atoms with E-state index in [1.165, 1.54) is 22.3 Å². The maximum absolute atomic E-state index is 12.7. The van der Waals surface area contributed by atoms with Crippen LogP contribution < -0.4 is 4.74 Å². The summed E-state index contributed by atoms with van der Waals surface area (Å²) >= 11 is 0. The molecule has 0 saturated carbocycles. The van der Waals surface area contributed by atoms with Crippen molar-refractivity contribution in [1.82, 2.24) is 9.80 Å². The minimum absolute atomic E-state index is 0.331. The van der Waals surface area contributed by atoms with E-state index in [-0.39, 0.29) is 0 Å². The Labute approximate surface area is 224 Å². The second-order valence-electron chi connectivity index (χ2n) is 9.76. The van der Waals surface area contributed by atoms with Gasteiger partial charge in [0, 0.05) is 44.3 Å². The van der Waals surface area contributed by atoms with Gasteiger partial charge in [-0.3, -0.25) is 9.80 Å². The van der Waals surface area contributed by atoms with Crippen molar-refractivity contribution in [3.05, 3.63) is 70.3 Å². The van der Waals surface area contributed by atoms with E-state index in [2.05, 4.69) is 43.9 Å². The standard InChI is InChI=1S/C23H35F3N2O.C7H6O2/c1-6-7-8-9-20-19(4)17(2)14-22(29-5)21(20)16-27-10-12-28(13-11-27)18(3)15-23(24,25)26;8-7(9)6-4-2-1-3-5-6/h8-9,14,18H,6-7,10-13,15-16H2,1-5H3;1-5H,(H,8,9)/b9-8-;. The third-order valence-electron chi connectivity index (χ3n) is 6.88. The molecule has 5 nitrogen and oxygen atoms in total. The van der Waals surface area contributed by atoms with Gasteiger partial charge in [0.05, 0.1) is 19.1 Å². The smallest absolute Gasteiger partial charge is 0.390 e. The Balaban J connectivity index is 0.000000474. The summed E-state index contributed by atoms with van der Waals surface area (Å²) in [5.41, 5.74) is 5.17. The number of aryl methyl sites for hydroxylation is 1. The van der Waals surface area contributed by atoms with Crippen LogP contribution in [0.3, 0.4) is 0 Å². The lowest BCUT2D eigenvalue weighted by molar-refractivity contribution is -0.147. The Hall–Kier alpha value is -2.84. The first-order valence-electron chi connectivity index (χ1n) is 13.1. The Morgan fingerprint density at radius 1 is 1.13 bits per heavy atom. The van der Waals surface area contributed by atoms with Crippen molar-refractivity contribution in [3.8, 4) is 5.75 Å². The summed E-state index contributed by atoms with van der Waals surface area (Å²) < 4.78 is 43.8. The van der Waals surface area contributed by atoms with Crippen molar-refractivity contribution >= 4 is 12.0 Å². The van der Waals surface area contributed by atoms with Gasteiger partial charge in [-0.2, -0.15) is 13.2 Å². The molecule has 0 aromatic heterocycles. The van der Waals surface area contributed by atoms with Gasteiger partial charge in [-0.15, -0.1) is 0 Å². The zero-order chi connectivity index (χ0) is 28.3. The molecule has 0 radical (unpaired) electrons. The molecule has 3 rings (SSSR count). The fourth-order valence-electron chi connectivity index (χ4n) is 4.53. The molecular formula is C30H41F3N2O3. The van der Waals surface area contributed by atoms with Gasteiger partial charge in [-0.25, -0.2) is 4.79 Å². The van der Waals surface area contributed by atoms with Crippen LogP contribution in [0.2, 0.25) is 0 Å². The molecule has 0 bridgehead atoms. The Morgan fingerprint density at radius 2 is 1.76 bits per heavy atom. The number of aromatic carboxylic acids is 1. The Morgan fingerprint density at radius 3 is 2.26 bits per heavy atom. The van der Waals surface area contributed by atoms with Crippen molar-refractivity contribution in [3.63, 3.8) is 0 Å². The molecular weight excluding hydrogens is 493 g/mol. The molecule has 1 atom stereocenters. The van der Waals surface area contributed by atoms with Gasteiger partial charge in [-0.05, 0) is 62.1 Å². The number of rotatable bonds is 9. The molecule has 1 heterocycles. The number of carbonyl (C=O) groups is 1. The zero-order valence-electron chi connectivity index (χ0n) is 23.1. The van der Waals surface area contributed by atoms with E-state index in [0.29, 0.717) is 18.7 Å². The molecule has 38 heavy (non-hydrogen) atoms. The maximum atomic E-state index is 12.7. The molecule has 1 N–H and O–H groups in total. The summed E-state index contributed by atoms with van der Waals surface area (Å²) in [5, 5.41) is 8.38. The lowest BCUT2D eigenvalue weighted by Crippen LogP contribution is -2.50. The van der Waals surface area contributed by atoms with Crippen LogP contribution >= 0.6 is 0 Å². The highest BCUT2D eigenvalue weighted by atomic mass is 19.4. The molecule has 1 aliphatic heterocycles. The number of halogens is 3. The number of allylic oxidation sites excluding steroid dienone is 1. The van der Waals surface area contributed by atoms with E-state index in [1.54, 1.807) is 44.4 Å². The highest BCUT2D eigenvalue weighted by molar-refractivity contribution is 5.87. The number of piperazine rings is 1. The van der Waals surface area contributed by atoms with Crippen LogP contribution in [0.1, 0.15) is 65.7 Å². The first kappa shape index (κ1) is 31.4. The molecule has 8 heteroatoms. The number of methoxy groups -OCH3 is 1. The van der Waals surface area contributed by atoms with Crippen LogP contribution in [0.4, 0.5) is 13.2 Å². The van der Waals surface area contributed by atoms with E-state index in [9.17, 15) is 18.0 Å². The number of nitrogens with zero attached hydrogens (tertiary/aromatic N) is 2. The molecule has 2 aromatic rings. The van der Waals surface area contributed by atoms with E-state index in [4.69, 9.17) is 9.84 Å². The van der Waals surface area contributed by atoms with Crippen LogP contribution in [-0.2, 0) is 6.54 Å². The minimum atomic E-state index is -4.11. The van der Waals surface area contributed by atoms with E-state index in [0.717, 1.165) is 38.2 Å². The van der Waals surface area contributed by atoms with Crippen molar-refractivity contribution in [2.24, 2.45) is 0 Å². The second kappa shape index (κ2) is 14.9. The quantitative estimate of drug-likeness (QED) is 0.377. The van der Waals surface area contributed by atoms with E-state index < -0.39 is 24.6 Å². The fourth-order valence-corrected chi connectivity index (χ4v) is 4.53. The lowest BCUT2D eigenvalue weighted by Gasteiger charge is -2.38. The first-order valence-corrected chi connectivity index (χ1v) is 13.1. The van der Waals surface area contributed by atoms with Crippen LogP contribution in [-0.4, -0.2) is 66.4 Å².